The van der Waals surface area contributed by atoms with Crippen molar-refractivity contribution in [3.63, 3.8) is 0 Å². The van der Waals surface area contributed by atoms with Crippen molar-refractivity contribution in [1.29, 1.82) is 0 Å². The highest BCUT2D eigenvalue weighted by atomic mass is 15.2. The van der Waals surface area contributed by atoms with Crippen LogP contribution in [0.5, 0.6) is 0 Å². The van der Waals surface area contributed by atoms with Crippen molar-refractivity contribution in [3.05, 3.63) is 23.4 Å². The van der Waals surface area contributed by atoms with Crippen LogP contribution in [0.3, 0.4) is 0 Å². The fourth-order valence-corrected chi connectivity index (χ4v) is 2.54. The Kier molecular flexibility index (Phi) is 5.41. The van der Waals surface area contributed by atoms with Crippen molar-refractivity contribution in [3.8, 4) is 0 Å². The number of hydrogen-bond acceptors (Lipinski definition) is 3. The van der Waals surface area contributed by atoms with Gasteiger partial charge in [0.25, 0.3) is 0 Å². The molecule has 1 N–H and O–H groups in total. The second-order valence-electron chi connectivity index (χ2n) is 6.33. The number of nitrogens with zero attached hydrogens (tertiary/aromatic N) is 2. The summed E-state index contributed by atoms with van der Waals surface area (Å²) in [6, 6.07) is 4.51. The van der Waals surface area contributed by atoms with E-state index >= 15 is 0 Å². The topological polar surface area (TPSA) is 28.2 Å². The molecular weight excluding hydrogens is 246 g/mol. The Morgan fingerprint density at radius 2 is 2.10 bits per heavy atom. The molecule has 0 radical (unpaired) electrons. The van der Waals surface area contributed by atoms with Gasteiger partial charge in [-0.1, -0.05) is 20.8 Å². The van der Waals surface area contributed by atoms with Crippen LogP contribution in [0.1, 0.15) is 57.2 Å². The third-order valence-corrected chi connectivity index (χ3v) is 3.86. The number of hydrogen-bond donors (Lipinski definition) is 1. The molecule has 1 heterocycles. The van der Waals surface area contributed by atoms with Crippen LogP contribution in [0.2, 0.25) is 0 Å². The van der Waals surface area contributed by atoms with Gasteiger partial charge in [-0.25, -0.2) is 4.98 Å². The van der Waals surface area contributed by atoms with Gasteiger partial charge in [0.2, 0.25) is 0 Å². The largest absolute Gasteiger partial charge is 0.356 e. The van der Waals surface area contributed by atoms with E-state index in [-0.39, 0.29) is 0 Å². The molecule has 0 unspecified atom stereocenters. The lowest BCUT2D eigenvalue weighted by molar-refractivity contribution is 0.690. The molecular formula is C17H29N3. The van der Waals surface area contributed by atoms with Gasteiger partial charge in [0.05, 0.1) is 0 Å². The molecule has 1 fully saturated rings. The zero-order valence-electron chi connectivity index (χ0n) is 13.4. The molecule has 1 aliphatic rings. The predicted molar refractivity (Wildman–Crippen MR) is 86.3 cm³/mol. The van der Waals surface area contributed by atoms with Gasteiger partial charge in [-0.3, -0.25) is 0 Å². The van der Waals surface area contributed by atoms with E-state index in [9.17, 15) is 0 Å². The van der Waals surface area contributed by atoms with Crippen LogP contribution in [0.15, 0.2) is 12.1 Å². The summed E-state index contributed by atoms with van der Waals surface area (Å²) in [5, 5.41) is 3.26. The second-order valence-corrected chi connectivity index (χ2v) is 6.33. The maximum absolute atomic E-state index is 4.91. The number of nitrogens with one attached hydrogen (secondary N) is 1. The second kappa shape index (κ2) is 7.07. The summed E-state index contributed by atoms with van der Waals surface area (Å²) >= 11 is 0. The van der Waals surface area contributed by atoms with Gasteiger partial charge in [0, 0.05) is 25.3 Å². The van der Waals surface area contributed by atoms with Crippen LogP contribution in [-0.2, 0) is 6.54 Å². The number of aromatic nitrogens is 1. The first-order valence-corrected chi connectivity index (χ1v) is 8.04. The van der Waals surface area contributed by atoms with Crippen molar-refractivity contribution >= 4 is 5.82 Å². The van der Waals surface area contributed by atoms with Gasteiger partial charge in [-0.2, -0.15) is 0 Å². The van der Waals surface area contributed by atoms with Crippen LogP contribution >= 0.6 is 0 Å². The van der Waals surface area contributed by atoms with Crippen LogP contribution in [-0.4, -0.2) is 25.1 Å². The average molecular weight is 275 g/mol. The lowest BCUT2D eigenvalue weighted by atomic mass is 10.1. The molecule has 0 bridgehead atoms. The van der Waals surface area contributed by atoms with E-state index < -0.39 is 0 Å². The van der Waals surface area contributed by atoms with Gasteiger partial charge in [-0.15, -0.1) is 0 Å². The van der Waals surface area contributed by atoms with Gasteiger partial charge in [0.1, 0.15) is 5.82 Å². The lowest BCUT2D eigenvalue weighted by Gasteiger charge is -2.25. The minimum Gasteiger partial charge on any atom is -0.356 e. The highest BCUT2D eigenvalue weighted by Crippen LogP contribution is 2.31. The molecule has 0 atom stereocenters. The molecule has 1 saturated carbocycles. The smallest absolute Gasteiger partial charge is 0.129 e. The molecule has 3 heteroatoms. The predicted octanol–water partition coefficient (Wildman–Crippen LogP) is 3.55. The highest BCUT2D eigenvalue weighted by Gasteiger charge is 2.25. The molecule has 112 valence electrons. The molecule has 0 aromatic carbocycles. The van der Waals surface area contributed by atoms with Gasteiger partial charge in [-0.05, 0) is 55.8 Å². The normalized spacial score (nSPS) is 14.8. The summed E-state index contributed by atoms with van der Waals surface area (Å²) in [6.45, 7) is 9.91. The average Bonchev–Trinajstić information content (AvgIpc) is 3.22. The van der Waals surface area contributed by atoms with Crippen molar-refractivity contribution in [2.75, 3.05) is 25.0 Å². The lowest BCUT2D eigenvalue weighted by Crippen LogP contribution is -2.28. The first kappa shape index (κ1) is 15.3. The summed E-state index contributed by atoms with van der Waals surface area (Å²) in [5.74, 6) is 2.56. The molecule has 1 aromatic heterocycles. The molecule has 0 aliphatic heterocycles. The Balaban J connectivity index is 2.25. The Morgan fingerprint density at radius 3 is 2.65 bits per heavy atom. The van der Waals surface area contributed by atoms with E-state index in [0.717, 1.165) is 19.0 Å². The number of rotatable bonds is 8. The fraction of sp³-hybridized carbons (Fsp3) is 0.706. The molecule has 0 saturated heterocycles. The minimum atomic E-state index is 0.481. The Morgan fingerprint density at radius 1 is 1.35 bits per heavy atom. The van der Waals surface area contributed by atoms with Crippen molar-refractivity contribution in [2.45, 2.75) is 52.5 Å². The van der Waals surface area contributed by atoms with E-state index in [1.807, 2.05) is 7.05 Å². The summed E-state index contributed by atoms with van der Waals surface area (Å²) in [6.07, 6.45) is 3.97. The Labute approximate surface area is 123 Å². The standard InChI is InChI=1S/C17H29N3/c1-5-8-20(12-14-6-7-14)17-10-15(11-18-4)9-16(19-17)13(2)3/h9-10,13-14,18H,5-8,11-12H2,1-4H3. The molecule has 1 aromatic rings. The summed E-state index contributed by atoms with van der Waals surface area (Å²) < 4.78 is 0. The van der Waals surface area contributed by atoms with Crippen LogP contribution < -0.4 is 10.2 Å². The van der Waals surface area contributed by atoms with E-state index in [1.165, 1.54) is 42.9 Å². The van der Waals surface area contributed by atoms with Crippen LogP contribution in [0, 0.1) is 5.92 Å². The molecule has 20 heavy (non-hydrogen) atoms. The Bertz CT molecular complexity index is 424. The van der Waals surface area contributed by atoms with Crippen molar-refractivity contribution in [2.24, 2.45) is 5.92 Å². The quantitative estimate of drug-likeness (QED) is 0.786. The van der Waals surface area contributed by atoms with E-state index in [1.54, 1.807) is 0 Å². The molecule has 0 spiro atoms. The zero-order valence-corrected chi connectivity index (χ0v) is 13.4. The molecule has 2 rings (SSSR count). The van der Waals surface area contributed by atoms with Crippen molar-refractivity contribution in [1.82, 2.24) is 10.3 Å². The van der Waals surface area contributed by atoms with Crippen molar-refractivity contribution < 1.29 is 0 Å². The number of pyridine rings is 1. The summed E-state index contributed by atoms with van der Waals surface area (Å²) in [7, 11) is 2.00. The van der Waals surface area contributed by atoms with Crippen LogP contribution in [0.25, 0.3) is 0 Å². The first-order valence-electron chi connectivity index (χ1n) is 8.04. The molecule has 3 nitrogen and oxygen atoms in total. The summed E-state index contributed by atoms with van der Waals surface area (Å²) in [5.41, 5.74) is 2.56. The third-order valence-electron chi connectivity index (χ3n) is 3.86. The van der Waals surface area contributed by atoms with E-state index in [2.05, 4.69) is 43.1 Å². The number of anilines is 1. The van der Waals surface area contributed by atoms with E-state index in [4.69, 9.17) is 4.98 Å². The SMILES string of the molecule is CCCN(CC1CC1)c1cc(CNC)cc(C(C)C)n1. The molecule has 0 amide bonds. The maximum atomic E-state index is 4.91. The minimum absolute atomic E-state index is 0.481. The fourth-order valence-electron chi connectivity index (χ4n) is 2.54. The van der Waals surface area contributed by atoms with Crippen LogP contribution in [0.4, 0.5) is 5.82 Å². The third kappa shape index (κ3) is 4.20. The van der Waals surface area contributed by atoms with E-state index in [0.29, 0.717) is 5.92 Å². The van der Waals surface area contributed by atoms with Gasteiger partial charge >= 0.3 is 0 Å². The Hall–Kier alpha value is -1.09. The monoisotopic (exact) mass is 275 g/mol. The maximum Gasteiger partial charge on any atom is 0.129 e. The summed E-state index contributed by atoms with van der Waals surface area (Å²) in [4.78, 5) is 7.40. The zero-order chi connectivity index (χ0) is 14.5. The highest BCUT2D eigenvalue weighted by molar-refractivity contribution is 5.43. The van der Waals surface area contributed by atoms with Gasteiger partial charge < -0.3 is 10.2 Å². The van der Waals surface area contributed by atoms with Gasteiger partial charge in [0.15, 0.2) is 0 Å². The first-order chi connectivity index (χ1) is 9.63. The molecule has 1 aliphatic carbocycles.